The fraction of sp³-hybridized carbons (Fsp3) is 0.542. The summed E-state index contributed by atoms with van der Waals surface area (Å²) in [6.07, 6.45) is 1.38. The lowest BCUT2D eigenvalue weighted by Gasteiger charge is -2.31. The number of fused-ring (bicyclic) bond motifs is 1. The molecule has 1 aromatic carbocycles. The molecule has 7 nitrogen and oxygen atoms in total. The van der Waals surface area contributed by atoms with E-state index in [1.165, 1.54) is 38.5 Å². The third-order valence-electron chi connectivity index (χ3n) is 6.60. The Hall–Kier alpha value is -3.22. The molecule has 1 unspecified atom stereocenters. The molecule has 1 fully saturated rings. The number of hydrogen-bond donors (Lipinski definition) is 0. The van der Waals surface area contributed by atoms with Crippen LogP contribution in [0, 0.1) is 11.3 Å². The quantitative estimate of drug-likeness (QED) is 0.620. The second-order valence-electron chi connectivity index (χ2n) is 8.76. The number of halogens is 3. The van der Waals surface area contributed by atoms with Gasteiger partial charge < -0.3 is 14.4 Å². The maximum atomic E-state index is 13.6. The molecule has 2 aliphatic rings. The Kier molecular flexibility index (Phi) is 6.73. The lowest BCUT2D eigenvalue weighted by molar-refractivity contribution is -0.189. The van der Waals surface area contributed by atoms with E-state index in [4.69, 9.17) is 9.47 Å². The number of nitriles is 1. The summed E-state index contributed by atoms with van der Waals surface area (Å²) in [5, 5.41) is 14.0. The van der Waals surface area contributed by atoms with Gasteiger partial charge in [0.25, 0.3) is 5.91 Å². The normalized spacial score (nSPS) is 17.6. The first-order valence-corrected chi connectivity index (χ1v) is 11.4. The van der Waals surface area contributed by atoms with Gasteiger partial charge in [0.2, 0.25) is 0 Å². The van der Waals surface area contributed by atoms with Crippen molar-refractivity contribution in [1.82, 2.24) is 14.7 Å². The van der Waals surface area contributed by atoms with E-state index in [0.717, 1.165) is 31.0 Å². The molecule has 1 aliphatic carbocycles. The third kappa shape index (κ3) is 4.56. The van der Waals surface area contributed by atoms with Gasteiger partial charge in [-0.1, -0.05) is 19.3 Å². The highest BCUT2D eigenvalue weighted by molar-refractivity contribution is 6.00. The molecule has 0 saturated heterocycles. The summed E-state index contributed by atoms with van der Waals surface area (Å²) in [7, 11) is 1.27. The Morgan fingerprint density at radius 2 is 2.00 bits per heavy atom. The van der Waals surface area contributed by atoms with Crippen molar-refractivity contribution < 1.29 is 27.4 Å². The molecule has 34 heavy (non-hydrogen) atoms. The van der Waals surface area contributed by atoms with Crippen molar-refractivity contribution in [2.45, 2.75) is 70.3 Å². The highest BCUT2D eigenvalue weighted by atomic mass is 19.4. The number of ether oxygens (including phenoxy) is 2. The number of carbonyl (C=O) groups is 1. The predicted molar refractivity (Wildman–Crippen MR) is 117 cm³/mol. The second kappa shape index (κ2) is 9.57. The summed E-state index contributed by atoms with van der Waals surface area (Å²) in [6.45, 7) is 1.51. The highest BCUT2D eigenvalue weighted by Crippen LogP contribution is 2.37. The lowest BCUT2D eigenvalue weighted by atomic mass is 9.95. The minimum absolute atomic E-state index is 0.0423. The van der Waals surface area contributed by atoms with Gasteiger partial charge in [-0.05, 0) is 31.9 Å². The Bertz CT molecular complexity index is 1100. The molecule has 1 amide bonds. The molecule has 4 rings (SSSR count). The van der Waals surface area contributed by atoms with Gasteiger partial charge in [-0.2, -0.15) is 23.5 Å². The largest absolute Gasteiger partial charge is 0.494 e. The summed E-state index contributed by atoms with van der Waals surface area (Å²) >= 11 is 0. The Morgan fingerprint density at radius 3 is 2.65 bits per heavy atom. The molecule has 1 aliphatic heterocycles. The molecular formula is C24H27F3N4O3. The summed E-state index contributed by atoms with van der Waals surface area (Å²) in [6, 6.07) is 4.80. The first kappa shape index (κ1) is 23.9. The van der Waals surface area contributed by atoms with Crippen LogP contribution < -0.4 is 9.47 Å². The van der Waals surface area contributed by atoms with Gasteiger partial charge >= 0.3 is 6.18 Å². The summed E-state index contributed by atoms with van der Waals surface area (Å²) in [5.74, 6) is -0.910. The molecule has 1 saturated carbocycles. The van der Waals surface area contributed by atoms with Gasteiger partial charge in [-0.15, -0.1) is 0 Å². The van der Waals surface area contributed by atoms with Crippen LogP contribution in [-0.2, 0) is 13.0 Å². The van der Waals surface area contributed by atoms with E-state index in [1.807, 2.05) is 6.07 Å². The number of nitrogens with zero attached hydrogens (tertiary/aromatic N) is 4. The number of alkyl halides is 3. The van der Waals surface area contributed by atoms with Crippen molar-refractivity contribution in [1.29, 1.82) is 5.26 Å². The number of methoxy groups -OCH3 is 1. The van der Waals surface area contributed by atoms with Crippen molar-refractivity contribution >= 4 is 5.91 Å². The zero-order chi connectivity index (χ0) is 24.5. The van der Waals surface area contributed by atoms with Crippen LogP contribution in [0.3, 0.4) is 0 Å². The Labute approximate surface area is 196 Å². The van der Waals surface area contributed by atoms with E-state index in [0.29, 0.717) is 19.0 Å². The van der Waals surface area contributed by atoms with Gasteiger partial charge in [0.15, 0.2) is 11.9 Å². The number of aromatic nitrogens is 2. The maximum absolute atomic E-state index is 13.6. The van der Waals surface area contributed by atoms with Gasteiger partial charge in [0, 0.05) is 30.8 Å². The summed E-state index contributed by atoms with van der Waals surface area (Å²) < 4.78 is 52.0. The summed E-state index contributed by atoms with van der Waals surface area (Å²) in [5.41, 5.74) is 1.89. The van der Waals surface area contributed by atoms with Gasteiger partial charge in [-0.25, -0.2) is 0 Å². The van der Waals surface area contributed by atoms with Gasteiger partial charge in [0.1, 0.15) is 17.4 Å². The topological polar surface area (TPSA) is 80.4 Å². The molecule has 1 aromatic heterocycles. The van der Waals surface area contributed by atoms with Crippen LogP contribution in [0.2, 0.25) is 0 Å². The van der Waals surface area contributed by atoms with Gasteiger partial charge in [-0.3, -0.25) is 9.48 Å². The minimum atomic E-state index is -4.62. The second-order valence-corrected chi connectivity index (χ2v) is 8.76. The van der Waals surface area contributed by atoms with Crippen molar-refractivity contribution in [3.8, 4) is 17.6 Å². The zero-order valence-electron chi connectivity index (χ0n) is 19.2. The molecule has 2 heterocycles. The lowest BCUT2D eigenvalue weighted by Crippen LogP contribution is -2.38. The third-order valence-corrected chi connectivity index (χ3v) is 6.60. The van der Waals surface area contributed by atoms with Gasteiger partial charge in [0.05, 0.1) is 24.9 Å². The maximum Gasteiger partial charge on any atom is 0.425 e. The van der Waals surface area contributed by atoms with Crippen LogP contribution in [0.4, 0.5) is 13.2 Å². The van der Waals surface area contributed by atoms with Crippen molar-refractivity contribution in [3.05, 3.63) is 40.7 Å². The zero-order valence-corrected chi connectivity index (χ0v) is 19.2. The van der Waals surface area contributed by atoms with Crippen LogP contribution in [0.1, 0.15) is 72.2 Å². The van der Waals surface area contributed by atoms with Crippen molar-refractivity contribution in [2.75, 3.05) is 13.7 Å². The monoisotopic (exact) mass is 476 g/mol. The average Bonchev–Trinajstić information content (AvgIpc) is 3.26. The molecule has 0 spiro atoms. The Balaban J connectivity index is 1.64. The molecule has 0 N–H and O–H groups in total. The van der Waals surface area contributed by atoms with E-state index in [1.54, 1.807) is 11.1 Å². The number of rotatable bonds is 5. The molecule has 0 bridgehead atoms. The Morgan fingerprint density at radius 1 is 1.26 bits per heavy atom. The van der Waals surface area contributed by atoms with E-state index >= 15 is 0 Å². The standard InChI is InChI=1S/C24H27F3N4O3/c1-15(24(25,26)27)34-20-9-8-16(12-28)22(33-2)21(20)23(32)30-11-10-19-17(14-30)13-29-31(19)18-6-4-3-5-7-18/h8-9,13,15,18H,3-7,10-11,14H2,1-2H3. The molecule has 2 aromatic rings. The summed E-state index contributed by atoms with van der Waals surface area (Å²) in [4.78, 5) is 15.1. The van der Waals surface area contributed by atoms with Crippen LogP contribution in [-0.4, -0.2) is 46.5 Å². The van der Waals surface area contributed by atoms with Crippen LogP contribution >= 0.6 is 0 Å². The van der Waals surface area contributed by atoms with Crippen LogP contribution in [0.25, 0.3) is 0 Å². The smallest absolute Gasteiger partial charge is 0.425 e. The first-order chi connectivity index (χ1) is 16.2. The highest BCUT2D eigenvalue weighted by Gasteiger charge is 2.40. The van der Waals surface area contributed by atoms with Crippen molar-refractivity contribution in [2.24, 2.45) is 0 Å². The van der Waals surface area contributed by atoms with E-state index in [9.17, 15) is 23.2 Å². The van der Waals surface area contributed by atoms with E-state index < -0.39 is 18.2 Å². The van der Waals surface area contributed by atoms with E-state index in [2.05, 4.69) is 9.78 Å². The fourth-order valence-corrected chi connectivity index (χ4v) is 4.75. The fourth-order valence-electron chi connectivity index (χ4n) is 4.75. The van der Waals surface area contributed by atoms with E-state index in [-0.39, 0.29) is 29.2 Å². The molecule has 182 valence electrons. The number of amides is 1. The SMILES string of the molecule is COc1c(C#N)ccc(OC(C)C(F)(F)F)c1C(=O)N1CCc2c(cnn2C2CCCCC2)C1. The number of hydrogen-bond acceptors (Lipinski definition) is 5. The molecular weight excluding hydrogens is 449 g/mol. The van der Waals surface area contributed by atoms with Crippen molar-refractivity contribution in [3.63, 3.8) is 0 Å². The van der Waals surface area contributed by atoms with Crippen LogP contribution in [0.5, 0.6) is 11.5 Å². The minimum Gasteiger partial charge on any atom is -0.494 e. The molecule has 10 heteroatoms. The average molecular weight is 476 g/mol. The molecule has 0 radical (unpaired) electrons. The number of carbonyl (C=O) groups excluding carboxylic acids is 1. The van der Waals surface area contributed by atoms with Crippen LogP contribution in [0.15, 0.2) is 18.3 Å². The molecule has 1 atom stereocenters. The predicted octanol–water partition coefficient (Wildman–Crippen LogP) is 4.80. The number of benzene rings is 1. The first-order valence-electron chi connectivity index (χ1n) is 11.4.